The van der Waals surface area contributed by atoms with E-state index < -0.39 is 0 Å². The molecule has 0 spiro atoms. The number of aromatic nitrogens is 7. The van der Waals surface area contributed by atoms with Crippen molar-refractivity contribution < 1.29 is 9.13 Å². The summed E-state index contributed by atoms with van der Waals surface area (Å²) in [6.07, 6.45) is 7.19. The average molecular weight is 497 g/mol. The average Bonchev–Trinajstić information content (AvgIpc) is 3.60. The Hall–Kier alpha value is -4.57. The van der Waals surface area contributed by atoms with Gasteiger partial charge in [-0.1, -0.05) is 0 Å². The zero-order valence-corrected chi connectivity index (χ0v) is 20.7. The van der Waals surface area contributed by atoms with Gasteiger partial charge in [-0.3, -0.25) is 14.8 Å². The third kappa shape index (κ3) is 4.43. The van der Waals surface area contributed by atoms with Crippen molar-refractivity contribution in [3.8, 4) is 39.5 Å². The van der Waals surface area contributed by atoms with Crippen LogP contribution in [0.4, 0.5) is 4.39 Å². The maximum Gasteiger partial charge on any atom is 0.135 e. The summed E-state index contributed by atoms with van der Waals surface area (Å²) >= 11 is 0. The summed E-state index contributed by atoms with van der Waals surface area (Å²) in [6.45, 7) is 1.20. The van der Waals surface area contributed by atoms with E-state index in [0.717, 1.165) is 51.0 Å². The van der Waals surface area contributed by atoms with Gasteiger partial charge >= 0.3 is 0 Å². The van der Waals surface area contributed by atoms with E-state index in [1.54, 1.807) is 23.3 Å². The summed E-state index contributed by atoms with van der Waals surface area (Å²) < 4.78 is 22.1. The monoisotopic (exact) mass is 496 g/mol. The van der Waals surface area contributed by atoms with Crippen LogP contribution in [0.25, 0.3) is 55.7 Å². The van der Waals surface area contributed by atoms with Gasteiger partial charge in [-0.15, -0.1) is 0 Å². The molecule has 186 valence electrons. The number of halogens is 1. The van der Waals surface area contributed by atoms with Crippen molar-refractivity contribution in [3.05, 3.63) is 67.0 Å². The second-order valence-electron chi connectivity index (χ2n) is 9.23. The molecule has 0 radical (unpaired) electrons. The summed E-state index contributed by atoms with van der Waals surface area (Å²) in [7, 11) is 5.81. The van der Waals surface area contributed by atoms with Crippen LogP contribution in [0.5, 0.6) is 5.75 Å². The molecule has 0 amide bonds. The van der Waals surface area contributed by atoms with Crippen molar-refractivity contribution in [3.63, 3.8) is 0 Å². The van der Waals surface area contributed by atoms with Crippen LogP contribution in [0.3, 0.4) is 0 Å². The van der Waals surface area contributed by atoms with Crippen LogP contribution < -0.4 is 4.74 Å². The van der Waals surface area contributed by atoms with Crippen LogP contribution in [0.15, 0.2) is 61.2 Å². The zero-order chi connectivity index (χ0) is 25.5. The topological polar surface area (TPSA) is 101 Å². The molecule has 5 aromatic heterocycles. The number of H-pyrrole nitrogens is 2. The predicted molar refractivity (Wildman–Crippen MR) is 141 cm³/mol. The fourth-order valence-corrected chi connectivity index (χ4v) is 4.36. The van der Waals surface area contributed by atoms with Crippen molar-refractivity contribution >= 4 is 21.9 Å². The largest absolute Gasteiger partial charge is 0.492 e. The number of nitrogens with one attached hydrogen (secondary N) is 2. The van der Waals surface area contributed by atoms with Gasteiger partial charge in [-0.25, -0.2) is 9.37 Å². The summed E-state index contributed by atoms with van der Waals surface area (Å²) in [5.41, 5.74) is 7.06. The highest BCUT2D eigenvalue weighted by atomic mass is 19.1. The van der Waals surface area contributed by atoms with Crippen molar-refractivity contribution in [1.29, 1.82) is 0 Å². The molecule has 0 aliphatic carbocycles. The number of ether oxygens (including phenoxy) is 1. The van der Waals surface area contributed by atoms with Crippen LogP contribution in [0.1, 0.15) is 0 Å². The molecule has 0 saturated carbocycles. The lowest BCUT2D eigenvalue weighted by molar-refractivity contribution is 0.260. The molecule has 0 fully saturated rings. The van der Waals surface area contributed by atoms with E-state index in [9.17, 15) is 4.39 Å². The molecule has 9 nitrogen and oxygen atoms in total. The van der Waals surface area contributed by atoms with Gasteiger partial charge < -0.3 is 14.6 Å². The van der Waals surface area contributed by atoms with E-state index in [1.807, 2.05) is 56.5 Å². The Kier molecular flexibility index (Phi) is 5.65. The molecule has 5 heterocycles. The number of hydrogen-bond donors (Lipinski definition) is 2. The lowest BCUT2D eigenvalue weighted by Gasteiger charge is -2.12. The predicted octanol–water partition coefficient (Wildman–Crippen LogP) is 4.65. The standard InChI is InChI=1S/C27H25FN8O/c1-35(2)6-7-37-19-9-16(8-18(28)10-19)21-13-29-14-25-20(21)11-24(31-25)27-26-23(33-34-27)5-4-22(32-26)17-12-30-36(3)15-17/h4-5,8-15,31H,6-7H2,1-3H3,(H,33,34). The summed E-state index contributed by atoms with van der Waals surface area (Å²) in [5.74, 6) is 0.116. The van der Waals surface area contributed by atoms with Gasteiger partial charge in [0.05, 0.1) is 34.8 Å². The van der Waals surface area contributed by atoms with Gasteiger partial charge in [0.15, 0.2) is 0 Å². The van der Waals surface area contributed by atoms with Crippen LogP contribution in [-0.2, 0) is 7.05 Å². The van der Waals surface area contributed by atoms with Gasteiger partial charge in [-0.2, -0.15) is 10.2 Å². The molecule has 0 bridgehead atoms. The number of aryl methyl sites for hydroxylation is 1. The normalized spacial score (nSPS) is 11.7. The summed E-state index contributed by atoms with van der Waals surface area (Å²) in [4.78, 5) is 14.7. The first-order valence-electron chi connectivity index (χ1n) is 11.8. The zero-order valence-electron chi connectivity index (χ0n) is 20.7. The molecule has 6 rings (SSSR count). The molecule has 0 aliphatic rings. The van der Waals surface area contributed by atoms with Gasteiger partial charge in [0.25, 0.3) is 0 Å². The van der Waals surface area contributed by atoms with Crippen LogP contribution in [0, 0.1) is 5.82 Å². The maximum atomic E-state index is 14.5. The SMILES string of the molecule is CN(C)CCOc1cc(F)cc(-c2cncc3[nH]c(-c4n[nH]c5ccc(-c6cnn(C)c6)nc45)cc23)c1. The van der Waals surface area contributed by atoms with Crippen LogP contribution >= 0.6 is 0 Å². The lowest BCUT2D eigenvalue weighted by Crippen LogP contribution is -2.19. The molecule has 10 heteroatoms. The van der Waals surface area contributed by atoms with E-state index in [0.29, 0.717) is 23.6 Å². The van der Waals surface area contributed by atoms with Crippen LogP contribution in [-0.4, -0.2) is 67.1 Å². The quantitative estimate of drug-likeness (QED) is 0.334. The van der Waals surface area contributed by atoms with E-state index in [2.05, 4.69) is 25.3 Å². The Balaban J connectivity index is 1.40. The minimum absolute atomic E-state index is 0.365. The third-order valence-corrected chi connectivity index (χ3v) is 6.20. The van der Waals surface area contributed by atoms with E-state index in [4.69, 9.17) is 9.72 Å². The Morgan fingerprint density at radius 3 is 2.73 bits per heavy atom. The number of rotatable bonds is 7. The molecule has 37 heavy (non-hydrogen) atoms. The van der Waals surface area contributed by atoms with Gasteiger partial charge in [-0.05, 0) is 50.0 Å². The van der Waals surface area contributed by atoms with Crippen molar-refractivity contribution in [2.24, 2.45) is 7.05 Å². The van der Waals surface area contributed by atoms with Gasteiger partial charge in [0.2, 0.25) is 0 Å². The highest BCUT2D eigenvalue weighted by molar-refractivity contribution is 6.00. The van der Waals surface area contributed by atoms with Gasteiger partial charge in [0.1, 0.15) is 29.4 Å². The summed E-state index contributed by atoms with van der Waals surface area (Å²) in [5, 5.41) is 12.7. The number of fused-ring (bicyclic) bond motifs is 2. The Morgan fingerprint density at radius 1 is 1.03 bits per heavy atom. The fraction of sp³-hybridized carbons (Fsp3) is 0.185. The third-order valence-electron chi connectivity index (χ3n) is 6.20. The lowest BCUT2D eigenvalue weighted by atomic mass is 10.0. The van der Waals surface area contributed by atoms with E-state index >= 15 is 0 Å². The van der Waals surface area contributed by atoms with Crippen molar-refractivity contribution in [1.82, 2.24) is 39.8 Å². The van der Waals surface area contributed by atoms with E-state index in [-0.39, 0.29) is 5.82 Å². The second-order valence-corrected chi connectivity index (χ2v) is 9.23. The second kappa shape index (κ2) is 9.14. The number of nitrogens with zero attached hydrogens (tertiary/aromatic N) is 6. The highest BCUT2D eigenvalue weighted by Crippen LogP contribution is 2.35. The Bertz CT molecular complexity index is 1730. The maximum absolute atomic E-state index is 14.5. The molecular formula is C27H25FN8O. The molecular weight excluding hydrogens is 471 g/mol. The fourth-order valence-electron chi connectivity index (χ4n) is 4.36. The number of pyridine rings is 2. The number of benzene rings is 1. The van der Waals surface area contributed by atoms with Crippen molar-refractivity contribution in [2.75, 3.05) is 27.2 Å². The first-order chi connectivity index (χ1) is 17.9. The Morgan fingerprint density at radius 2 is 1.92 bits per heavy atom. The summed E-state index contributed by atoms with van der Waals surface area (Å²) in [6, 6.07) is 10.6. The molecule has 0 unspecified atom stereocenters. The number of likely N-dealkylation sites (N-methyl/N-ethyl adjacent to an activating group) is 1. The minimum Gasteiger partial charge on any atom is -0.492 e. The smallest absolute Gasteiger partial charge is 0.135 e. The first kappa shape index (κ1) is 22.9. The molecule has 0 aliphatic heterocycles. The van der Waals surface area contributed by atoms with E-state index in [1.165, 1.54) is 12.1 Å². The van der Waals surface area contributed by atoms with Crippen molar-refractivity contribution in [2.45, 2.75) is 0 Å². The Labute approximate surface area is 211 Å². The molecule has 0 saturated heterocycles. The molecule has 6 aromatic rings. The van der Waals surface area contributed by atoms with Crippen LogP contribution in [0.2, 0.25) is 0 Å². The highest BCUT2D eigenvalue weighted by Gasteiger charge is 2.17. The number of aromatic amines is 2. The minimum atomic E-state index is -0.365. The molecule has 1 aromatic carbocycles. The van der Waals surface area contributed by atoms with Gasteiger partial charge in [0, 0.05) is 48.6 Å². The first-order valence-corrected chi connectivity index (χ1v) is 11.8. The molecule has 0 atom stereocenters. The molecule has 2 N–H and O–H groups in total. The number of hydrogen-bond acceptors (Lipinski definition) is 6.